The summed E-state index contributed by atoms with van der Waals surface area (Å²) in [5.74, 6) is 0.638. The lowest BCUT2D eigenvalue weighted by molar-refractivity contribution is -0.117. The highest BCUT2D eigenvalue weighted by molar-refractivity contribution is 5.94. The molecule has 0 atom stereocenters. The highest BCUT2D eigenvalue weighted by Gasteiger charge is 2.22. The minimum Gasteiger partial charge on any atom is -0.348 e. The fourth-order valence-corrected chi connectivity index (χ4v) is 2.36. The number of carbonyl (C=O) groups is 2. The van der Waals surface area contributed by atoms with E-state index in [1.807, 2.05) is 12.1 Å². The first kappa shape index (κ1) is 14.2. The molecule has 1 saturated heterocycles. The molecule has 1 aliphatic heterocycles. The van der Waals surface area contributed by atoms with Gasteiger partial charge in [0.1, 0.15) is 5.82 Å². The van der Waals surface area contributed by atoms with E-state index in [1.165, 1.54) is 0 Å². The molecule has 3 rings (SSSR count). The van der Waals surface area contributed by atoms with E-state index in [1.54, 1.807) is 35.6 Å². The number of hydrogen-bond donors (Lipinski definition) is 1. The van der Waals surface area contributed by atoms with Crippen LogP contribution in [0.25, 0.3) is 0 Å². The van der Waals surface area contributed by atoms with Crippen LogP contribution in [0.3, 0.4) is 0 Å². The van der Waals surface area contributed by atoms with E-state index in [-0.39, 0.29) is 11.8 Å². The van der Waals surface area contributed by atoms with Gasteiger partial charge in [0.25, 0.3) is 5.91 Å². The summed E-state index contributed by atoms with van der Waals surface area (Å²) in [5.41, 5.74) is 1.46. The van der Waals surface area contributed by atoms with Gasteiger partial charge in [-0.1, -0.05) is 6.07 Å². The number of nitrogens with one attached hydrogen (secondary N) is 1. The number of carbonyl (C=O) groups excluding carboxylic acids is 2. The molecule has 0 aromatic carbocycles. The largest absolute Gasteiger partial charge is 0.348 e. The Morgan fingerprint density at radius 3 is 2.68 bits per heavy atom. The molecule has 0 saturated carbocycles. The third-order valence-corrected chi connectivity index (χ3v) is 3.55. The summed E-state index contributed by atoms with van der Waals surface area (Å²) in [6.07, 6.45) is 6.32. The third-order valence-electron chi connectivity index (χ3n) is 3.55. The Hall–Kier alpha value is -2.76. The van der Waals surface area contributed by atoms with Gasteiger partial charge in [0.15, 0.2) is 0 Å². The van der Waals surface area contributed by atoms with E-state index in [0.29, 0.717) is 24.3 Å². The maximum atomic E-state index is 11.9. The Kier molecular flexibility index (Phi) is 4.09. The van der Waals surface area contributed by atoms with Crippen LogP contribution in [-0.2, 0) is 11.3 Å². The van der Waals surface area contributed by atoms with E-state index in [4.69, 9.17) is 0 Å². The van der Waals surface area contributed by atoms with E-state index in [9.17, 15) is 9.59 Å². The van der Waals surface area contributed by atoms with Crippen molar-refractivity contribution in [2.45, 2.75) is 19.4 Å². The Morgan fingerprint density at radius 1 is 1.23 bits per heavy atom. The first-order valence-electron chi connectivity index (χ1n) is 7.17. The molecule has 1 aliphatic rings. The van der Waals surface area contributed by atoms with Crippen LogP contribution in [0.4, 0.5) is 5.82 Å². The summed E-state index contributed by atoms with van der Waals surface area (Å²) < 4.78 is 0. The molecular formula is C16H16N4O2. The fourth-order valence-electron chi connectivity index (χ4n) is 2.36. The van der Waals surface area contributed by atoms with E-state index in [0.717, 1.165) is 18.5 Å². The predicted molar refractivity (Wildman–Crippen MR) is 81.2 cm³/mol. The van der Waals surface area contributed by atoms with Gasteiger partial charge in [-0.2, -0.15) is 0 Å². The van der Waals surface area contributed by atoms with Crippen molar-refractivity contribution in [1.82, 2.24) is 15.3 Å². The van der Waals surface area contributed by atoms with Gasteiger partial charge in [-0.3, -0.25) is 19.5 Å². The van der Waals surface area contributed by atoms with Crippen LogP contribution in [0, 0.1) is 0 Å². The normalized spacial score (nSPS) is 14.2. The number of anilines is 1. The van der Waals surface area contributed by atoms with Gasteiger partial charge in [0.2, 0.25) is 5.91 Å². The van der Waals surface area contributed by atoms with E-state index >= 15 is 0 Å². The molecule has 0 bridgehead atoms. The molecule has 112 valence electrons. The van der Waals surface area contributed by atoms with E-state index in [2.05, 4.69) is 15.3 Å². The Bertz CT molecular complexity index is 670. The van der Waals surface area contributed by atoms with Crippen molar-refractivity contribution in [2.75, 3.05) is 11.4 Å². The van der Waals surface area contributed by atoms with Crippen LogP contribution >= 0.6 is 0 Å². The van der Waals surface area contributed by atoms with Crippen molar-refractivity contribution in [1.29, 1.82) is 0 Å². The zero-order chi connectivity index (χ0) is 15.4. The van der Waals surface area contributed by atoms with Crippen LogP contribution in [0.1, 0.15) is 28.8 Å². The van der Waals surface area contributed by atoms with Gasteiger partial charge >= 0.3 is 0 Å². The lowest BCUT2D eigenvalue weighted by Gasteiger charge is -2.14. The topological polar surface area (TPSA) is 75.2 Å². The van der Waals surface area contributed by atoms with Gasteiger partial charge in [0.05, 0.1) is 0 Å². The van der Waals surface area contributed by atoms with Crippen LogP contribution < -0.4 is 10.2 Å². The average molecular weight is 296 g/mol. The van der Waals surface area contributed by atoms with Gasteiger partial charge in [-0.25, -0.2) is 4.98 Å². The fraction of sp³-hybridized carbons (Fsp3) is 0.250. The molecule has 1 fully saturated rings. The van der Waals surface area contributed by atoms with Crippen molar-refractivity contribution >= 4 is 17.6 Å². The molecule has 2 aromatic heterocycles. The zero-order valence-electron chi connectivity index (χ0n) is 12.0. The van der Waals surface area contributed by atoms with Gasteiger partial charge in [-0.05, 0) is 30.2 Å². The second-order valence-electron chi connectivity index (χ2n) is 5.09. The van der Waals surface area contributed by atoms with Crippen LogP contribution in [0.5, 0.6) is 0 Å². The van der Waals surface area contributed by atoms with Crippen molar-refractivity contribution in [3.05, 3.63) is 54.0 Å². The summed E-state index contributed by atoms with van der Waals surface area (Å²) >= 11 is 0. The molecule has 1 N–H and O–H groups in total. The van der Waals surface area contributed by atoms with Crippen molar-refractivity contribution in [3.63, 3.8) is 0 Å². The first-order chi connectivity index (χ1) is 10.7. The highest BCUT2D eigenvalue weighted by atomic mass is 16.2. The lowest BCUT2D eigenvalue weighted by atomic mass is 10.2. The molecule has 6 heteroatoms. The summed E-state index contributed by atoms with van der Waals surface area (Å²) in [5, 5.41) is 2.83. The number of hydrogen-bond acceptors (Lipinski definition) is 4. The first-order valence-corrected chi connectivity index (χ1v) is 7.17. The molecule has 22 heavy (non-hydrogen) atoms. The van der Waals surface area contributed by atoms with Gasteiger partial charge < -0.3 is 5.32 Å². The van der Waals surface area contributed by atoms with Crippen LogP contribution in [0.2, 0.25) is 0 Å². The number of pyridine rings is 2. The predicted octanol–water partition coefficient (Wildman–Crippen LogP) is 1.53. The standard InChI is InChI=1S/C16H16N4O2/c21-15-2-1-9-20(15)14-4-3-12(10-18-14)11-19-16(22)13-5-7-17-8-6-13/h3-8,10H,1-2,9,11H2,(H,19,22). The monoisotopic (exact) mass is 296 g/mol. The zero-order valence-corrected chi connectivity index (χ0v) is 12.0. The number of rotatable bonds is 4. The molecule has 0 unspecified atom stereocenters. The van der Waals surface area contributed by atoms with Crippen LogP contribution in [-0.4, -0.2) is 28.3 Å². The molecule has 6 nitrogen and oxygen atoms in total. The smallest absolute Gasteiger partial charge is 0.251 e. The second-order valence-corrected chi connectivity index (χ2v) is 5.09. The molecule has 2 amide bonds. The molecule has 0 radical (unpaired) electrons. The third kappa shape index (κ3) is 3.11. The number of nitrogens with zero attached hydrogens (tertiary/aromatic N) is 3. The average Bonchev–Trinajstić information content (AvgIpc) is 3.00. The Labute approximate surface area is 128 Å². The van der Waals surface area contributed by atoms with Crippen molar-refractivity contribution in [2.24, 2.45) is 0 Å². The molecule has 2 aromatic rings. The SMILES string of the molecule is O=C(NCc1ccc(N2CCCC2=O)nc1)c1ccncc1. The highest BCUT2D eigenvalue weighted by Crippen LogP contribution is 2.18. The summed E-state index contributed by atoms with van der Waals surface area (Å²) in [7, 11) is 0. The second kappa shape index (κ2) is 6.34. The Morgan fingerprint density at radius 2 is 2.05 bits per heavy atom. The molecule has 3 heterocycles. The number of aromatic nitrogens is 2. The molecular weight excluding hydrogens is 280 g/mol. The maximum absolute atomic E-state index is 11.9. The summed E-state index contributed by atoms with van der Waals surface area (Å²) in [4.78, 5) is 33.5. The molecule has 0 aliphatic carbocycles. The van der Waals surface area contributed by atoms with Crippen LogP contribution in [0.15, 0.2) is 42.9 Å². The van der Waals surface area contributed by atoms with Gasteiger partial charge in [-0.15, -0.1) is 0 Å². The number of amides is 2. The Balaban J connectivity index is 1.59. The van der Waals surface area contributed by atoms with Crippen molar-refractivity contribution in [3.8, 4) is 0 Å². The minimum atomic E-state index is -0.152. The lowest BCUT2D eigenvalue weighted by Crippen LogP contribution is -2.25. The summed E-state index contributed by atoms with van der Waals surface area (Å²) in [6, 6.07) is 7.02. The summed E-state index contributed by atoms with van der Waals surface area (Å²) in [6.45, 7) is 1.12. The van der Waals surface area contributed by atoms with E-state index < -0.39 is 0 Å². The molecule has 0 spiro atoms. The van der Waals surface area contributed by atoms with Gasteiger partial charge in [0, 0.05) is 43.7 Å². The quantitative estimate of drug-likeness (QED) is 0.928. The maximum Gasteiger partial charge on any atom is 0.251 e. The minimum absolute atomic E-state index is 0.117. The van der Waals surface area contributed by atoms with Crippen molar-refractivity contribution < 1.29 is 9.59 Å².